The molecule has 0 aromatic heterocycles. The van der Waals surface area contributed by atoms with Gasteiger partial charge in [0.1, 0.15) is 25.4 Å². The van der Waals surface area contributed by atoms with Crippen LogP contribution in [0.15, 0.2) is 23.3 Å². The van der Waals surface area contributed by atoms with Gasteiger partial charge in [-0.25, -0.2) is 9.59 Å². The molecule has 1 aliphatic carbocycles. The highest BCUT2D eigenvalue weighted by Crippen LogP contribution is 2.45. The Morgan fingerprint density at radius 1 is 0.968 bits per heavy atom. The Balaban J connectivity index is 1.49. The van der Waals surface area contributed by atoms with Gasteiger partial charge in [-0.3, -0.25) is 10.1 Å². The second kappa shape index (κ2) is 7.97. The van der Waals surface area contributed by atoms with E-state index in [1.54, 1.807) is 0 Å². The van der Waals surface area contributed by atoms with Gasteiger partial charge < -0.3 is 28.4 Å². The van der Waals surface area contributed by atoms with Crippen LogP contribution in [-0.4, -0.2) is 86.5 Å². The Bertz CT molecular complexity index is 837. The van der Waals surface area contributed by atoms with Crippen LogP contribution in [0.1, 0.15) is 12.8 Å². The molecule has 168 valence electrons. The van der Waals surface area contributed by atoms with E-state index in [4.69, 9.17) is 28.4 Å². The topological polar surface area (TPSA) is 146 Å². The first-order valence-corrected chi connectivity index (χ1v) is 10.3. The maximum atomic E-state index is 13.1. The molecule has 0 saturated carbocycles. The van der Waals surface area contributed by atoms with E-state index in [0.717, 1.165) is 0 Å². The largest absolute Gasteiger partial charge is 0.459 e. The van der Waals surface area contributed by atoms with E-state index in [2.05, 4.69) is 0 Å². The monoisotopic (exact) mass is 437 g/mol. The zero-order chi connectivity index (χ0) is 21.6. The third-order valence-corrected chi connectivity index (χ3v) is 6.02. The van der Waals surface area contributed by atoms with Crippen molar-refractivity contribution in [1.82, 2.24) is 0 Å². The quantitative estimate of drug-likeness (QED) is 0.186. The lowest BCUT2D eigenvalue weighted by atomic mass is 9.69. The summed E-state index contributed by atoms with van der Waals surface area (Å²) in [5.74, 6) is -2.43. The number of carbonyl (C=O) groups is 2. The summed E-state index contributed by atoms with van der Waals surface area (Å²) in [5.41, 5.74) is -1.68. The molecule has 4 saturated heterocycles. The minimum absolute atomic E-state index is 0.0220. The first-order chi connectivity index (χ1) is 15.0. The summed E-state index contributed by atoms with van der Waals surface area (Å²) >= 11 is 0. The molecular weight excluding hydrogens is 414 g/mol. The molecule has 0 radical (unpaired) electrons. The van der Waals surface area contributed by atoms with Crippen molar-refractivity contribution in [1.29, 1.82) is 0 Å². The van der Waals surface area contributed by atoms with Crippen molar-refractivity contribution in [3.8, 4) is 0 Å². The van der Waals surface area contributed by atoms with E-state index in [0.29, 0.717) is 26.4 Å². The number of epoxide rings is 4. The molecule has 31 heavy (non-hydrogen) atoms. The predicted octanol–water partition coefficient (Wildman–Crippen LogP) is -0.0537. The number of carbonyl (C=O) groups excluding carboxylic acids is 2. The second-order valence-electron chi connectivity index (χ2n) is 8.42. The summed E-state index contributed by atoms with van der Waals surface area (Å²) in [6.07, 6.45) is 2.19. The van der Waals surface area contributed by atoms with Crippen LogP contribution < -0.4 is 0 Å². The lowest BCUT2D eigenvalue weighted by Crippen LogP contribution is -2.50. The van der Waals surface area contributed by atoms with Gasteiger partial charge >= 0.3 is 11.9 Å². The normalized spacial score (nSPS) is 37.2. The third-order valence-electron chi connectivity index (χ3n) is 6.02. The number of nitrogens with zero attached hydrogens (tertiary/aromatic N) is 1. The Hall–Kier alpha value is -2.34. The molecule has 0 N–H and O–H groups in total. The fraction of sp³-hybridized carbons (Fsp3) is 0.700. The molecule has 0 amide bonds. The summed E-state index contributed by atoms with van der Waals surface area (Å²) < 4.78 is 31.4. The first-order valence-electron chi connectivity index (χ1n) is 10.3. The van der Waals surface area contributed by atoms with Gasteiger partial charge in [0.2, 0.25) is 5.54 Å². The molecular formula is C20H23NO10. The maximum Gasteiger partial charge on any atom is 0.338 e. The number of nitro groups is 1. The molecule has 5 aliphatic rings. The van der Waals surface area contributed by atoms with Crippen LogP contribution in [0.4, 0.5) is 0 Å². The van der Waals surface area contributed by atoms with Crippen LogP contribution in [0.3, 0.4) is 0 Å². The average Bonchev–Trinajstić information content (AvgIpc) is 3.57. The summed E-state index contributed by atoms with van der Waals surface area (Å²) in [7, 11) is 0. The van der Waals surface area contributed by atoms with Crippen molar-refractivity contribution in [2.45, 2.75) is 42.8 Å². The third kappa shape index (κ3) is 4.64. The minimum atomic E-state index is -1.61. The fourth-order valence-electron chi connectivity index (χ4n) is 3.94. The van der Waals surface area contributed by atoms with Crippen LogP contribution in [0.2, 0.25) is 0 Å². The molecule has 0 aromatic carbocycles. The summed E-state index contributed by atoms with van der Waals surface area (Å²) in [4.78, 5) is 37.9. The summed E-state index contributed by atoms with van der Waals surface area (Å²) in [6, 6.07) is 0. The van der Waals surface area contributed by atoms with Gasteiger partial charge in [0, 0.05) is 4.92 Å². The number of hydrogen-bond acceptors (Lipinski definition) is 10. The van der Waals surface area contributed by atoms with Gasteiger partial charge in [-0.05, 0) is 18.6 Å². The minimum Gasteiger partial charge on any atom is -0.459 e. The molecule has 0 spiro atoms. The van der Waals surface area contributed by atoms with Crippen molar-refractivity contribution in [2.75, 3.05) is 39.6 Å². The number of hydrogen-bond donors (Lipinski definition) is 0. The van der Waals surface area contributed by atoms with Crippen LogP contribution in [0.5, 0.6) is 0 Å². The van der Waals surface area contributed by atoms with Gasteiger partial charge in [-0.15, -0.1) is 0 Å². The van der Waals surface area contributed by atoms with E-state index in [1.165, 1.54) is 12.2 Å². The zero-order valence-electron chi connectivity index (χ0n) is 16.7. The van der Waals surface area contributed by atoms with E-state index in [9.17, 15) is 19.7 Å². The average molecular weight is 437 g/mol. The lowest BCUT2D eigenvalue weighted by Gasteiger charge is -2.34. The van der Waals surface area contributed by atoms with E-state index < -0.39 is 28.3 Å². The van der Waals surface area contributed by atoms with Gasteiger partial charge in [0.25, 0.3) is 0 Å². The van der Waals surface area contributed by atoms with Gasteiger partial charge in [-0.2, -0.15) is 0 Å². The smallest absolute Gasteiger partial charge is 0.338 e. The molecule has 4 fully saturated rings. The van der Waals surface area contributed by atoms with Gasteiger partial charge in [0.05, 0.1) is 62.1 Å². The second-order valence-corrected chi connectivity index (χ2v) is 8.42. The number of rotatable bonds is 11. The van der Waals surface area contributed by atoms with Crippen molar-refractivity contribution >= 4 is 11.9 Å². The SMILES string of the molecule is O=C(OCC1CO1)C1=C(C(=O)OCC2CO2)C(CC2CO2)C(CC2CO2)([N+](=O)[O-])C=C1. The van der Waals surface area contributed by atoms with E-state index >= 15 is 0 Å². The molecule has 11 heteroatoms. The van der Waals surface area contributed by atoms with Crippen LogP contribution >= 0.6 is 0 Å². The van der Waals surface area contributed by atoms with Gasteiger partial charge in [0.15, 0.2) is 0 Å². The summed E-state index contributed by atoms with van der Waals surface area (Å²) in [5, 5.41) is 12.3. The number of esters is 2. The Kier molecular flexibility index (Phi) is 5.29. The Morgan fingerprint density at radius 2 is 1.52 bits per heavy atom. The molecule has 11 nitrogen and oxygen atoms in total. The Labute approximate surface area is 177 Å². The van der Waals surface area contributed by atoms with Crippen molar-refractivity contribution in [3.63, 3.8) is 0 Å². The van der Waals surface area contributed by atoms with Crippen molar-refractivity contribution in [3.05, 3.63) is 33.4 Å². The molecule has 0 aromatic rings. The summed E-state index contributed by atoms with van der Waals surface area (Å²) in [6.45, 7) is 1.95. The van der Waals surface area contributed by atoms with Crippen molar-refractivity contribution in [2.24, 2.45) is 5.92 Å². The molecule has 4 heterocycles. The number of ether oxygens (including phenoxy) is 6. The predicted molar refractivity (Wildman–Crippen MR) is 99.5 cm³/mol. The van der Waals surface area contributed by atoms with Crippen LogP contribution in [-0.2, 0) is 38.0 Å². The maximum absolute atomic E-state index is 13.1. The zero-order valence-corrected chi connectivity index (χ0v) is 16.7. The highest BCUT2D eigenvalue weighted by Gasteiger charge is 2.58. The highest BCUT2D eigenvalue weighted by atomic mass is 16.6. The molecule has 4 aliphatic heterocycles. The lowest BCUT2D eigenvalue weighted by molar-refractivity contribution is -0.565. The van der Waals surface area contributed by atoms with Crippen molar-refractivity contribution < 1.29 is 42.9 Å². The highest BCUT2D eigenvalue weighted by molar-refractivity contribution is 6.03. The molecule has 6 unspecified atom stereocenters. The molecule has 5 rings (SSSR count). The van der Waals surface area contributed by atoms with Gasteiger partial charge in [-0.1, -0.05) is 0 Å². The molecule has 0 bridgehead atoms. The fourth-order valence-corrected chi connectivity index (χ4v) is 3.94. The molecule has 6 atom stereocenters. The first kappa shape index (κ1) is 20.6. The van der Waals surface area contributed by atoms with Crippen LogP contribution in [0.25, 0.3) is 0 Å². The Morgan fingerprint density at radius 3 is 2.03 bits per heavy atom. The van der Waals surface area contributed by atoms with E-state index in [-0.39, 0.29) is 61.6 Å². The van der Waals surface area contributed by atoms with E-state index in [1.807, 2.05) is 0 Å². The van der Waals surface area contributed by atoms with Crippen LogP contribution in [0, 0.1) is 16.0 Å². The standard InChI is InChI=1S/C20H23NO10/c22-18(30-9-13-7-28-13)15-1-2-20(21(24)25,4-12-6-27-12)16(3-11-5-26-11)17(15)19(23)31-10-14-8-29-14/h1-2,11-14,16H,3-10H2.